The van der Waals surface area contributed by atoms with Gasteiger partial charge < -0.3 is 16.4 Å². The number of aryl methyl sites for hydroxylation is 1. The zero-order valence-corrected chi connectivity index (χ0v) is 15.7. The third-order valence-corrected chi connectivity index (χ3v) is 5.84. The van der Waals surface area contributed by atoms with Gasteiger partial charge in [-0.3, -0.25) is 14.2 Å². The van der Waals surface area contributed by atoms with Crippen molar-refractivity contribution in [1.82, 2.24) is 19.9 Å². The zero-order valence-electron chi connectivity index (χ0n) is 15.7. The number of carbonyl (C=O) groups excluding carboxylic acids is 1. The van der Waals surface area contributed by atoms with Crippen LogP contribution in [0.3, 0.4) is 0 Å². The Bertz CT molecular complexity index is 1080. The Labute approximate surface area is 161 Å². The van der Waals surface area contributed by atoms with Gasteiger partial charge in [0.1, 0.15) is 35.0 Å². The van der Waals surface area contributed by atoms with Gasteiger partial charge in [-0.05, 0) is 62.7 Å². The van der Waals surface area contributed by atoms with Crippen LogP contribution in [0.4, 0.5) is 17.3 Å². The second-order valence-electron chi connectivity index (χ2n) is 7.91. The first-order valence-corrected chi connectivity index (χ1v) is 9.63. The molecular weight excluding hydrogens is 356 g/mol. The molecule has 1 atom stereocenters. The van der Waals surface area contributed by atoms with E-state index in [1.807, 2.05) is 6.92 Å². The van der Waals surface area contributed by atoms with Crippen molar-refractivity contribution >= 4 is 23.2 Å². The van der Waals surface area contributed by atoms with Crippen molar-refractivity contribution in [2.75, 3.05) is 11.1 Å². The lowest BCUT2D eigenvalue weighted by Gasteiger charge is -2.33. The van der Waals surface area contributed by atoms with Crippen LogP contribution in [-0.2, 0) is 5.66 Å². The molecule has 5 rings (SSSR count). The second-order valence-corrected chi connectivity index (χ2v) is 7.91. The molecule has 1 unspecified atom stereocenters. The molecule has 1 amide bonds. The van der Waals surface area contributed by atoms with Crippen LogP contribution < -0.4 is 21.9 Å². The molecule has 2 aromatic rings. The summed E-state index contributed by atoms with van der Waals surface area (Å²) in [7, 11) is 0. The van der Waals surface area contributed by atoms with Gasteiger partial charge in [0.2, 0.25) is 0 Å². The number of carbonyl (C=O) groups is 1. The summed E-state index contributed by atoms with van der Waals surface area (Å²) in [6, 6.07) is 3.26. The lowest BCUT2D eigenvalue weighted by Crippen LogP contribution is -2.47. The third-order valence-electron chi connectivity index (χ3n) is 5.84. The highest BCUT2D eigenvalue weighted by atomic mass is 16.2. The summed E-state index contributed by atoms with van der Waals surface area (Å²) < 4.78 is 1.64. The Balaban J connectivity index is 1.65. The normalized spacial score (nSPS) is 23.3. The van der Waals surface area contributed by atoms with Crippen LogP contribution in [0.15, 0.2) is 34.9 Å². The van der Waals surface area contributed by atoms with Gasteiger partial charge in [-0.1, -0.05) is 5.57 Å². The van der Waals surface area contributed by atoms with Gasteiger partial charge in [0.05, 0.1) is 0 Å². The summed E-state index contributed by atoms with van der Waals surface area (Å²) in [4.78, 5) is 34.2. The number of aromatic nitrogens is 3. The van der Waals surface area contributed by atoms with Gasteiger partial charge in [0.15, 0.2) is 0 Å². The van der Waals surface area contributed by atoms with Crippen molar-refractivity contribution in [3.05, 3.63) is 51.7 Å². The molecule has 0 bridgehead atoms. The van der Waals surface area contributed by atoms with Gasteiger partial charge >= 0.3 is 0 Å². The molecule has 3 heterocycles. The number of nitrogens with zero attached hydrogens (tertiary/aromatic N) is 3. The molecule has 8 nitrogen and oxygen atoms in total. The van der Waals surface area contributed by atoms with Crippen molar-refractivity contribution < 1.29 is 4.79 Å². The fraction of sp³-hybridized carbons (Fsp3) is 0.400. The lowest BCUT2D eigenvalue weighted by atomic mass is 9.88. The van der Waals surface area contributed by atoms with E-state index in [-0.39, 0.29) is 11.5 Å². The summed E-state index contributed by atoms with van der Waals surface area (Å²) in [5, 5.41) is 6.15. The average Bonchev–Trinajstić information content (AvgIpc) is 3.45. The zero-order chi connectivity index (χ0) is 19.5. The molecule has 28 heavy (non-hydrogen) atoms. The van der Waals surface area contributed by atoms with Crippen LogP contribution in [0.25, 0.3) is 0 Å². The molecule has 2 aromatic heterocycles. The predicted octanol–water partition coefficient (Wildman–Crippen LogP) is 2.19. The fourth-order valence-electron chi connectivity index (χ4n) is 4.45. The maximum Gasteiger partial charge on any atom is 0.277 e. The Hall–Kier alpha value is -3.16. The van der Waals surface area contributed by atoms with E-state index in [9.17, 15) is 9.59 Å². The van der Waals surface area contributed by atoms with Crippen molar-refractivity contribution in [2.24, 2.45) is 5.92 Å². The molecule has 0 aromatic carbocycles. The summed E-state index contributed by atoms with van der Waals surface area (Å²) in [6.07, 6.45) is 8.59. The standard InChI is InChI=1S/C20H22N6O2/c1-11-7-14(24-16-8-15(21)22-10-23-16)19(28)26-17(11)18(27)25-20(26)6-2-3-13(9-20)12-4-5-12/h7-10,12H,2-6H2,1H3,(H,25,27)(H3,21,22,23,24). The van der Waals surface area contributed by atoms with Crippen molar-refractivity contribution in [1.29, 1.82) is 0 Å². The van der Waals surface area contributed by atoms with E-state index in [2.05, 4.69) is 26.7 Å². The third kappa shape index (κ3) is 2.59. The Morgan fingerprint density at radius 2 is 2.11 bits per heavy atom. The van der Waals surface area contributed by atoms with Gasteiger partial charge in [-0.15, -0.1) is 0 Å². The van der Waals surface area contributed by atoms with Crippen LogP contribution in [-0.4, -0.2) is 20.4 Å². The number of rotatable bonds is 3. The number of nitrogens with one attached hydrogen (secondary N) is 2. The quantitative estimate of drug-likeness (QED) is 0.705. The summed E-state index contributed by atoms with van der Waals surface area (Å²) in [6.45, 7) is 1.84. The molecule has 8 heteroatoms. The molecule has 4 N–H and O–H groups in total. The van der Waals surface area contributed by atoms with Gasteiger partial charge in [-0.25, -0.2) is 9.97 Å². The Kier molecular flexibility index (Phi) is 3.59. The maximum atomic E-state index is 13.4. The van der Waals surface area contributed by atoms with E-state index in [0.717, 1.165) is 18.4 Å². The number of pyridine rings is 1. The molecule has 0 radical (unpaired) electrons. The monoisotopic (exact) mass is 378 g/mol. The average molecular weight is 378 g/mol. The molecule has 1 aliphatic heterocycles. The Morgan fingerprint density at radius 3 is 2.86 bits per heavy atom. The van der Waals surface area contributed by atoms with E-state index >= 15 is 0 Å². The van der Waals surface area contributed by atoms with Crippen molar-refractivity contribution in [3.63, 3.8) is 0 Å². The lowest BCUT2D eigenvalue weighted by molar-refractivity contribution is 0.0931. The maximum absolute atomic E-state index is 13.4. The second kappa shape index (κ2) is 5.92. The van der Waals surface area contributed by atoms with E-state index in [0.29, 0.717) is 35.4 Å². The number of hydrogen-bond acceptors (Lipinski definition) is 6. The van der Waals surface area contributed by atoms with Crippen LogP contribution in [0.2, 0.25) is 0 Å². The van der Waals surface area contributed by atoms with Crippen LogP contribution >= 0.6 is 0 Å². The molecule has 144 valence electrons. The SMILES string of the molecule is Cc1cc(Nc2cc(N)ncn2)c(=O)n2c1C(=O)NC21C=C(C2CC2)CCC1. The van der Waals surface area contributed by atoms with Crippen molar-refractivity contribution in [3.8, 4) is 0 Å². The van der Waals surface area contributed by atoms with Crippen molar-refractivity contribution in [2.45, 2.75) is 44.7 Å². The molecule has 1 fully saturated rings. The minimum atomic E-state index is -0.771. The Morgan fingerprint density at radius 1 is 1.29 bits per heavy atom. The highest BCUT2D eigenvalue weighted by molar-refractivity contribution is 5.97. The topological polar surface area (TPSA) is 115 Å². The number of nitrogens with two attached hydrogens (primary N) is 1. The van der Waals surface area contributed by atoms with Crippen LogP contribution in [0.5, 0.6) is 0 Å². The van der Waals surface area contributed by atoms with Gasteiger partial charge in [0, 0.05) is 6.07 Å². The number of amides is 1. The molecule has 3 aliphatic rings. The minimum absolute atomic E-state index is 0.194. The van der Waals surface area contributed by atoms with E-state index < -0.39 is 5.66 Å². The number of fused-ring (bicyclic) bond motifs is 2. The first kappa shape index (κ1) is 17.0. The summed E-state index contributed by atoms with van der Waals surface area (Å²) in [5.41, 5.74) is 7.60. The molecule has 0 saturated heterocycles. The number of nitrogen functional groups attached to an aromatic ring is 1. The molecule has 1 saturated carbocycles. The van der Waals surface area contributed by atoms with Gasteiger partial charge in [-0.2, -0.15) is 0 Å². The first-order valence-electron chi connectivity index (χ1n) is 9.63. The largest absolute Gasteiger partial charge is 0.384 e. The molecular formula is C20H22N6O2. The van der Waals surface area contributed by atoms with E-state index in [4.69, 9.17) is 5.73 Å². The number of anilines is 3. The van der Waals surface area contributed by atoms with E-state index in [1.54, 1.807) is 16.7 Å². The predicted molar refractivity (Wildman–Crippen MR) is 105 cm³/mol. The number of allylic oxidation sites excluding steroid dienone is 1. The van der Waals surface area contributed by atoms with E-state index in [1.165, 1.54) is 24.7 Å². The highest BCUT2D eigenvalue weighted by Gasteiger charge is 2.45. The summed E-state index contributed by atoms with van der Waals surface area (Å²) in [5.74, 6) is 1.17. The number of hydrogen-bond donors (Lipinski definition) is 3. The van der Waals surface area contributed by atoms with Crippen LogP contribution in [0, 0.1) is 12.8 Å². The first-order chi connectivity index (χ1) is 13.5. The highest BCUT2D eigenvalue weighted by Crippen LogP contribution is 2.45. The smallest absolute Gasteiger partial charge is 0.277 e. The molecule has 2 aliphatic carbocycles. The van der Waals surface area contributed by atoms with Gasteiger partial charge in [0.25, 0.3) is 11.5 Å². The van der Waals surface area contributed by atoms with Crippen LogP contribution in [0.1, 0.15) is 48.2 Å². The summed E-state index contributed by atoms with van der Waals surface area (Å²) >= 11 is 0. The fourth-order valence-corrected chi connectivity index (χ4v) is 4.45. The molecule has 1 spiro atoms. The minimum Gasteiger partial charge on any atom is -0.384 e.